The Balaban J connectivity index is 2.43. The molecule has 0 aliphatic heterocycles. The summed E-state index contributed by atoms with van der Waals surface area (Å²) in [7, 11) is 0. The van der Waals surface area contributed by atoms with Crippen LogP contribution in [-0.2, 0) is 4.79 Å². The van der Waals surface area contributed by atoms with Gasteiger partial charge in [0.2, 0.25) is 0 Å². The van der Waals surface area contributed by atoms with Crippen molar-refractivity contribution in [2.24, 2.45) is 0 Å². The highest BCUT2D eigenvalue weighted by molar-refractivity contribution is 5.66. The van der Waals surface area contributed by atoms with E-state index in [9.17, 15) is 13.6 Å². The lowest BCUT2D eigenvalue weighted by molar-refractivity contribution is -0.137. The number of rotatable bonds is 5. The molecule has 0 aliphatic carbocycles. The first-order chi connectivity index (χ1) is 7.09. The molecule has 0 saturated carbocycles. The Hall–Kier alpha value is -1.65. The third-order valence-electron chi connectivity index (χ3n) is 1.69. The van der Waals surface area contributed by atoms with E-state index >= 15 is 0 Å². The van der Waals surface area contributed by atoms with E-state index in [1.165, 1.54) is 0 Å². The van der Waals surface area contributed by atoms with Crippen LogP contribution in [0.1, 0.15) is 12.8 Å². The zero-order valence-corrected chi connectivity index (χ0v) is 7.87. The highest BCUT2D eigenvalue weighted by atomic mass is 19.1. The minimum absolute atomic E-state index is 0.0483. The molecule has 5 heteroatoms. The SMILES string of the molecule is O=C(O)CCCOc1cc(F)ccc1F. The number of ether oxygens (including phenoxy) is 1. The molecule has 82 valence electrons. The summed E-state index contributed by atoms with van der Waals surface area (Å²) >= 11 is 0. The van der Waals surface area contributed by atoms with E-state index in [0.29, 0.717) is 0 Å². The van der Waals surface area contributed by atoms with Crippen molar-refractivity contribution in [3.8, 4) is 5.75 Å². The Labute approximate surface area is 85.3 Å². The summed E-state index contributed by atoms with van der Waals surface area (Å²) in [5, 5.41) is 8.32. The maximum Gasteiger partial charge on any atom is 0.303 e. The molecule has 1 rings (SSSR count). The summed E-state index contributed by atoms with van der Waals surface area (Å²) in [5.74, 6) is -2.39. The first kappa shape index (κ1) is 11.4. The number of hydrogen-bond donors (Lipinski definition) is 1. The third kappa shape index (κ3) is 3.93. The molecule has 0 saturated heterocycles. The number of hydrogen-bond acceptors (Lipinski definition) is 2. The number of carboxylic acid groups (broad SMARTS) is 1. The predicted octanol–water partition coefficient (Wildman–Crippen LogP) is 2.21. The average molecular weight is 216 g/mol. The maximum atomic E-state index is 12.9. The molecule has 0 aromatic heterocycles. The predicted molar refractivity (Wildman–Crippen MR) is 48.7 cm³/mol. The highest BCUT2D eigenvalue weighted by Gasteiger charge is 2.05. The van der Waals surface area contributed by atoms with Crippen LogP contribution in [-0.4, -0.2) is 17.7 Å². The number of carbonyl (C=O) groups is 1. The van der Waals surface area contributed by atoms with Crippen molar-refractivity contribution < 1.29 is 23.4 Å². The van der Waals surface area contributed by atoms with Crippen molar-refractivity contribution in [3.63, 3.8) is 0 Å². The summed E-state index contributed by atoms with van der Waals surface area (Å²) in [4.78, 5) is 10.1. The Morgan fingerprint density at radius 2 is 2.13 bits per heavy atom. The second-order valence-corrected chi connectivity index (χ2v) is 2.92. The number of benzene rings is 1. The molecule has 3 nitrogen and oxygen atoms in total. The van der Waals surface area contributed by atoms with E-state index < -0.39 is 17.6 Å². The van der Waals surface area contributed by atoms with E-state index in [1.807, 2.05) is 0 Å². The van der Waals surface area contributed by atoms with E-state index in [-0.39, 0.29) is 25.2 Å². The van der Waals surface area contributed by atoms with Gasteiger partial charge in [0.05, 0.1) is 6.61 Å². The minimum atomic E-state index is -0.946. The van der Waals surface area contributed by atoms with Crippen molar-refractivity contribution >= 4 is 5.97 Å². The molecule has 0 amide bonds. The molecule has 1 N–H and O–H groups in total. The van der Waals surface area contributed by atoms with E-state index in [4.69, 9.17) is 9.84 Å². The quantitative estimate of drug-likeness (QED) is 0.767. The van der Waals surface area contributed by atoms with Crippen LogP contribution < -0.4 is 4.74 Å². The van der Waals surface area contributed by atoms with Gasteiger partial charge in [-0.3, -0.25) is 4.79 Å². The van der Waals surface area contributed by atoms with Gasteiger partial charge in [-0.1, -0.05) is 0 Å². The van der Waals surface area contributed by atoms with Gasteiger partial charge >= 0.3 is 5.97 Å². The van der Waals surface area contributed by atoms with Gasteiger partial charge in [0.15, 0.2) is 11.6 Å². The Bertz CT molecular complexity index is 353. The fourth-order valence-electron chi connectivity index (χ4n) is 0.993. The molecular weight excluding hydrogens is 206 g/mol. The van der Waals surface area contributed by atoms with E-state index in [0.717, 1.165) is 18.2 Å². The van der Waals surface area contributed by atoms with Crippen LogP contribution in [0.2, 0.25) is 0 Å². The van der Waals surface area contributed by atoms with Crippen LogP contribution >= 0.6 is 0 Å². The first-order valence-corrected chi connectivity index (χ1v) is 4.39. The van der Waals surface area contributed by atoms with Crippen molar-refractivity contribution in [3.05, 3.63) is 29.8 Å². The molecular formula is C10H10F2O3. The van der Waals surface area contributed by atoms with Crippen molar-refractivity contribution in [2.45, 2.75) is 12.8 Å². The van der Waals surface area contributed by atoms with Crippen LogP contribution in [0.4, 0.5) is 8.78 Å². The lowest BCUT2D eigenvalue weighted by Gasteiger charge is -2.05. The van der Waals surface area contributed by atoms with Gasteiger partial charge in [0.25, 0.3) is 0 Å². The maximum absolute atomic E-state index is 12.9. The van der Waals surface area contributed by atoms with Gasteiger partial charge < -0.3 is 9.84 Å². The summed E-state index contributed by atoms with van der Waals surface area (Å²) < 4.78 is 30.5. The molecule has 0 aliphatic rings. The third-order valence-corrected chi connectivity index (χ3v) is 1.69. The molecule has 1 aromatic rings. The Kier molecular flexibility index (Phi) is 4.03. The zero-order chi connectivity index (χ0) is 11.3. The molecule has 0 heterocycles. The lowest BCUT2D eigenvalue weighted by Crippen LogP contribution is -2.03. The minimum Gasteiger partial charge on any atom is -0.490 e. The smallest absolute Gasteiger partial charge is 0.303 e. The van der Waals surface area contributed by atoms with Crippen LogP contribution in [0.3, 0.4) is 0 Å². The zero-order valence-electron chi connectivity index (χ0n) is 7.87. The topological polar surface area (TPSA) is 46.5 Å². The Morgan fingerprint density at radius 3 is 2.80 bits per heavy atom. The van der Waals surface area contributed by atoms with Gasteiger partial charge in [-0.05, 0) is 18.6 Å². The molecule has 0 radical (unpaired) electrons. The molecule has 0 fully saturated rings. The van der Waals surface area contributed by atoms with Crippen LogP contribution in [0.15, 0.2) is 18.2 Å². The molecule has 15 heavy (non-hydrogen) atoms. The summed E-state index contributed by atoms with van der Waals surface area (Å²) in [6, 6.07) is 2.87. The van der Waals surface area contributed by atoms with E-state index in [1.54, 1.807) is 0 Å². The number of halogens is 2. The second-order valence-electron chi connectivity index (χ2n) is 2.92. The summed E-state index contributed by atoms with van der Waals surface area (Å²) in [6.07, 6.45) is 0.197. The molecule has 0 bridgehead atoms. The normalized spacial score (nSPS) is 10.0. The molecule has 0 unspecified atom stereocenters. The first-order valence-electron chi connectivity index (χ1n) is 4.39. The van der Waals surface area contributed by atoms with Gasteiger partial charge in [-0.15, -0.1) is 0 Å². The average Bonchev–Trinajstić information content (AvgIpc) is 2.17. The second kappa shape index (κ2) is 5.29. The highest BCUT2D eigenvalue weighted by Crippen LogP contribution is 2.18. The fourth-order valence-corrected chi connectivity index (χ4v) is 0.993. The summed E-state index contributed by atoms with van der Waals surface area (Å²) in [6.45, 7) is 0.0483. The Morgan fingerprint density at radius 1 is 1.40 bits per heavy atom. The lowest BCUT2D eigenvalue weighted by atomic mass is 10.3. The van der Waals surface area contributed by atoms with Gasteiger partial charge in [0, 0.05) is 12.5 Å². The fraction of sp³-hybridized carbons (Fsp3) is 0.300. The standard InChI is InChI=1S/C10H10F2O3/c11-7-3-4-8(12)9(6-7)15-5-1-2-10(13)14/h3-4,6H,1-2,5H2,(H,13,14). The summed E-state index contributed by atoms with van der Waals surface area (Å²) in [5.41, 5.74) is 0. The molecule has 0 atom stereocenters. The molecule has 1 aromatic carbocycles. The van der Waals surface area contributed by atoms with Gasteiger partial charge in [-0.25, -0.2) is 8.78 Å². The van der Waals surface area contributed by atoms with Crippen molar-refractivity contribution in [1.82, 2.24) is 0 Å². The monoisotopic (exact) mass is 216 g/mol. The van der Waals surface area contributed by atoms with Crippen LogP contribution in [0.5, 0.6) is 5.75 Å². The number of aliphatic carboxylic acids is 1. The number of carboxylic acids is 1. The van der Waals surface area contributed by atoms with Crippen molar-refractivity contribution in [2.75, 3.05) is 6.61 Å². The molecule has 0 spiro atoms. The largest absolute Gasteiger partial charge is 0.490 e. The van der Waals surface area contributed by atoms with Gasteiger partial charge in [-0.2, -0.15) is 0 Å². The van der Waals surface area contributed by atoms with Crippen LogP contribution in [0.25, 0.3) is 0 Å². The van der Waals surface area contributed by atoms with Crippen LogP contribution in [0, 0.1) is 11.6 Å². The van der Waals surface area contributed by atoms with Crippen molar-refractivity contribution in [1.29, 1.82) is 0 Å². The van der Waals surface area contributed by atoms with E-state index in [2.05, 4.69) is 0 Å². The van der Waals surface area contributed by atoms with Gasteiger partial charge in [0.1, 0.15) is 5.82 Å².